The van der Waals surface area contributed by atoms with Crippen molar-refractivity contribution in [3.05, 3.63) is 0 Å². The van der Waals surface area contributed by atoms with E-state index in [1.54, 1.807) is 11.8 Å². The Bertz CT molecular complexity index is 257. The molecule has 1 aliphatic carbocycles. The van der Waals surface area contributed by atoms with Gasteiger partial charge in [0.25, 0.3) is 0 Å². The lowest BCUT2D eigenvalue weighted by Crippen LogP contribution is -2.34. The lowest BCUT2D eigenvalue weighted by Gasteiger charge is -2.17. The Hall–Kier alpha value is 0.0700. The minimum absolute atomic E-state index is 0. The van der Waals surface area contributed by atoms with Gasteiger partial charge in [0.2, 0.25) is 5.91 Å². The Kier molecular flexibility index (Phi) is 4.55. The first-order chi connectivity index (χ1) is 6.97. The van der Waals surface area contributed by atoms with Crippen LogP contribution >= 0.6 is 24.2 Å². The summed E-state index contributed by atoms with van der Waals surface area (Å²) < 4.78 is 0.179. The lowest BCUT2D eigenvalue weighted by atomic mass is 10.3. The van der Waals surface area contributed by atoms with Gasteiger partial charge in [0, 0.05) is 23.9 Å². The Morgan fingerprint density at radius 3 is 2.44 bits per heavy atom. The molecule has 0 aromatic carbocycles. The number of carbonyl (C=O) groups is 1. The van der Waals surface area contributed by atoms with E-state index in [2.05, 4.69) is 31.4 Å². The first-order valence-electron chi connectivity index (χ1n) is 5.61. The van der Waals surface area contributed by atoms with Gasteiger partial charge in [-0.2, -0.15) is 0 Å². The summed E-state index contributed by atoms with van der Waals surface area (Å²) in [6, 6.07) is 0.472. The number of halogens is 1. The molecule has 1 saturated carbocycles. The topological polar surface area (TPSA) is 41.1 Å². The molecule has 2 unspecified atom stereocenters. The fourth-order valence-corrected chi connectivity index (χ4v) is 2.79. The zero-order chi connectivity index (χ0) is 11.1. The molecule has 3 nitrogen and oxygen atoms in total. The minimum Gasteiger partial charge on any atom is -0.352 e. The quantitative estimate of drug-likeness (QED) is 0.807. The van der Waals surface area contributed by atoms with Gasteiger partial charge in [-0.1, -0.05) is 20.8 Å². The third kappa shape index (κ3) is 3.54. The van der Waals surface area contributed by atoms with Crippen molar-refractivity contribution >= 4 is 30.1 Å². The Labute approximate surface area is 108 Å². The SMILES string of the molecule is CC(C)(C)SCC(=O)NC1C2CNCC21.Cl. The molecule has 2 N–H and O–H groups in total. The zero-order valence-electron chi connectivity index (χ0n) is 10.1. The molecule has 0 spiro atoms. The van der Waals surface area contributed by atoms with Crippen LogP contribution in [-0.2, 0) is 4.79 Å². The molecule has 2 atom stereocenters. The lowest BCUT2D eigenvalue weighted by molar-refractivity contribution is -0.118. The monoisotopic (exact) mass is 264 g/mol. The third-order valence-electron chi connectivity index (χ3n) is 3.06. The highest BCUT2D eigenvalue weighted by molar-refractivity contribution is 8.01. The molecule has 1 saturated heterocycles. The highest BCUT2D eigenvalue weighted by atomic mass is 35.5. The molecule has 0 bridgehead atoms. The van der Waals surface area contributed by atoms with Crippen LogP contribution in [0.15, 0.2) is 0 Å². The summed E-state index contributed by atoms with van der Waals surface area (Å²) in [5.41, 5.74) is 0. The van der Waals surface area contributed by atoms with Crippen LogP contribution in [0.1, 0.15) is 20.8 Å². The van der Waals surface area contributed by atoms with Crippen molar-refractivity contribution in [2.75, 3.05) is 18.8 Å². The van der Waals surface area contributed by atoms with Crippen LogP contribution < -0.4 is 10.6 Å². The van der Waals surface area contributed by atoms with Crippen molar-refractivity contribution in [3.8, 4) is 0 Å². The summed E-state index contributed by atoms with van der Waals surface area (Å²) in [6.07, 6.45) is 0. The van der Waals surface area contributed by atoms with Crippen LogP contribution in [-0.4, -0.2) is 35.5 Å². The number of fused-ring (bicyclic) bond motifs is 1. The molecule has 2 aliphatic rings. The van der Waals surface area contributed by atoms with E-state index in [9.17, 15) is 4.79 Å². The molecular weight excluding hydrogens is 244 g/mol. The van der Waals surface area contributed by atoms with E-state index < -0.39 is 0 Å². The van der Waals surface area contributed by atoms with Gasteiger partial charge < -0.3 is 10.6 Å². The van der Waals surface area contributed by atoms with Gasteiger partial charge in [-0.3, -0.25) is 4.79 Å². The average molecular weight is 265 g/mol. The highest BCUT2D eigenvalue weighted by Gasteiger charge is 2.53. The van der Waals surface area contributed by atoms with E-state index in [-0.39, 0.29) is 23.1 Å². The first kappa shape index (κ1) is 14.1. The van der Waals surface area contributed by atoms with Gasteiger partial charge in [0.05, 0.1) is 5.75 Å². The second-order valence-electron chi connectivity index (χ2n) is 5.48. The summed E-state index contributed by atoms with van der Waals surface area (Å²) >= 11 is 1.71. The molecule has 2 rings (SSSR count). The zero-order valence-corrected chi connectivity index (χ0v) is 11.7. The molecule has 0 aromatic rings. The van der Waals surface area contributed by atoms with E-state index in [1.165, 1.54) is 0 Å². The number of thioether (sulfide) groups is 1. The van der Waals surface area contributed by atoms with Gasteiger partial charge in [0.1, 0.15) is 0 Å². The van der Waals surface area contributed by atoms with E-state index in [0.717, 1.165) is 13.1 Å². The summed E-state index contributed by atoms with van der Waals surface area (Å²) in [4.78, 5) is 11.6. The van der Waals surface area contributed by atoms with Crippen LogP contribution in [0.2, 0.25) is 0 Å². The van der Waals surface area contributed by atoms with E-state index in [1.807, 2.05) is 0 Å². The van der Waals surface area contributed by atoms with Crippen LogP contribution in [0.25, 0.3) is 0 Å². The van der Waals surface area contributed by atoms with Crippen molar-refractivity contribution in [2.45, 2.75) is 31.6 Å². The molecular formula is C11H21ClN2OS. The molecule has 1 aliphatic heterocycles. The van der Waals surface area contributed by atoms with Crippen LogP contribution in [0.3, 0.4) is 0 Å². The summed E-state index contributed by atoms with van der Waals surface area (Å²) in [7, 11) is 0. The highest BCUT2D eigenvalue weighted by Crippen LogP contribution is 2.41. The number of rotatable bonds is 3. The number of piperidine rings is 1. The van der Waals surface area contributed by atoms with Crippen molar-refractivity contribution in [1.82, 2.24) is 10.6 Å². The molecule has 1 amide bonds. The standard InChI is InChI=1S/C11H20N2OS.ClH/c1-11(2,3)15-6-9(14)13-10-7-4-12-5-8(7)10;/h7-8,10,12H,4-6H2,1-3H3,(H,13,14);1H. The average Bonchev–Trinajstić information content (AvgIpc) is 2.62. The summed E-state index contributed by atoms with van der Waals surface area (Å²) in [5.74, 6) is 2.23. The molecule has 94 valence electrons. The van der Waals surface area contributed by atoms with Crippen molar-refractivity contribution in [1.29, 1.82) is 0 Å². The van der Waals surface area contributed by atoms with Crippen LogP contribution in [0, 0.1) is 11.8 Å². The number of carbonyl (C=O) groups excluding carboxylic acids is 1. The fourth-order valence-electron chi connectivity index (χ4n) is 2.14. The van der Waals surface area contributed by atoms with E-state index in [0.29, 0.717) is 23.6 Å². The van der Waals surface area contributed by atoms with Crippen LogP contribution in [0.5, 0.6) is 0 Å². The number of hydrogen-bond acceptors (Lipinski definition) is 3. The van der Waals surface area contributed by atoms with Crippen molar-refractivity contribution < 1.29 is 4.79 Å². The smallest absolute Gasteiger partial charge is 0.230 e. The number of hydrogen-bond donors (Lipinski definition) is 2. The van der Waals surface area contributed by atoms with Gasteiger partial charge in [-0.25, -0.2) is 0 Å². The first-order valence-corrected chi connectivity index (χ1v) is 6.60. The van der Waals surface area contributed by atoms with E-state index >= 15 is 0 Å². The Morgan fingerprint density at radius 1 is 1.38 bits per heavy atom. The summed E-state index contributed by atoms with van der Waals surface area (Å²) in [6.45, 7) is 8.59. The fraction of sp³-hybridized carbons (Fsp3) is 0.909. The third-order valence-corrected chi connectivity index (χ3v) is 4.33. The molecule has 5 heteroatoms. The van der Waals surface area contributed by atoms with Crippen molar-refractivity contribution in [3.63, 3.8) is 0 Å². The molecule has 0 radical (unpaired) electrons. The minimum atomic E-state index is 0. The maximum absolute atomic E-state index is 11.6. The van der Waals surface area contributed by atoms with E-state index in [4.69, 9.17) is 0 Å². The largest absolute Gasteiger partial charge is 0.352 e. The Morgan fingerprint density at radius 2 is 1.94 bits per heavy atom. The van der Waals surface area contributed by atoms with Gasteiger partial charge >= 0.3 is 0 Å². The molecule has 16 heavy (non-hydrogen) atoms. The summed E-state index contributed by atoms with van der Waals surface area (Å²) in [5, 5.41) is 6.45. The predicted octanol–water partition coefficient (Wildman–Crippen LogP) is 1.27. The van der Waals surface area contributed by atoms with Gasteiger partial charge in [-0.15, -0.1) is 24.2 Å². The number of amides is 1. The molecule has 2 fully saturated rings. The molecule has 1 heterocycles. The Balaban J connectivity index is 0.00000128. The number of nitrogens with one attached hydrogen (secondary N) is 2. The maximum atomic E-state index is 11.6. The van der Waals surface area contributed by atoms with Crippen LogP contribution in [0.4, 0.5) is 0 Å². The normalized spacial score (nSPS) is 31.6. The van der Waals surface area contributed by atoms with Gasteiger partial charge in [0.15, 0.2) is 0 Å². The maximum Gasteiger partial charge on any atom is 0.230 e. The van der Waals surface area contributed by atoms with Gasteiger partial charge in [-0.05, 0) is 11.8 Å². The second-order valence-corrected chi connectivity index (χ2v) is 7.28. The second kappa shape index (κ2) is 5.15. The van der Waals surface area contributed by atoms with Crippen molar-refractivity contribution in [2.24, 2.45) is 11.8 Å². The predicted molar refractivity (Wildman–Crippen MR) is 71.2 cm³/mol. The molecule has 0 aromatic heterocycles.